The number of aromatic nitrogens is 1. The van der Waals surface area contributed by atoms with Gasteiger partial charge in [-0.3, -0.25) is 14.9 Å². The van der Waals surface area contributed by atoms with E-state index in [4.69, 9.17) is 5.73 Å². The topological polar surface area (TPSA) is 90.1 Å². The number of benzene rings is 1. The second kappa shape index (κ2) is 6.76. The molecule has 0 saturated heterocycles. The molecule has 2 rings (SSSR count). The van der Waals surface area contributed by atoms with Crippen molar-refractivity contribution in [2.24, 2.45) is 5.73 Å². The molecule has 6 nitrogen and oxygen atoms in total. The fraction of sp³-hybridized carbons (Fsp3) is 0.0769. The summed E-state index contributed by atoms with van der Waals surface area (Å²) >= 11 is 0. The highest BCUT2D eigenvalue weighted by atomic mass is 79.9. The lowest BCUT2D eigenvalue weighted by Gasteiger charge is -1.99. The second-order valence-corrected chi connectivity index (χ2v) is 4.05. The summed E-state index contributed by atoms with van der Waals surface area (Å²) < 4.78 is 1.79. The third-order valence-corrected chi connectivity index (χ3v) is 2.66. The number of nitro groups is 1. The summed E-state index contributed by atoms with van der Waals surface area (Å²) in [5.74, 6) is -0.488. The minimum Gasteiger partial charge on any atom is -0.365 e. The SMILES string of the molecule is Br.NC(=O)c1ccc[n+](Cc2ccc([N+](=O)[O-])cc2)c1. The van der Waals surface area contributed by atoms with Crippen LogP contribution in [0.1, 0.15) is 15.9 Å². The van der Waals surface area contributed by atoms with Gasteiger partial charge >= 0.3 is 0 Å². The molecule has 0 aliphatic carbocycles. The van der Waals surface area contributed by atoms with Crippen molar-refractivity contribution in [2.75, 3.05) is 0 Å². The Hall–Kier alpha value is -2.28. The molecule has 1 aromatic heterocycles. The van der Waals surface area contributed by atoms with Gasteiger partial charge in [0.15, 0.2) is 18.9 Å². The number of amides is 1. The summed E-state index contributed by atoms with van der Waals surface area (Å²) in [5, 5.41) is 10.5. The first kappa shape index (κ1) is 15.8. The molecule has 1 amide bonds. The molecule has 0 atom stereocenters. The van der Waals surface area contributed by atoms with Gasteiger partial charge in [0.25, 0.3) is 11.6 Å². The van der Waals surface area contributed by atoms with Crippen molar-refractivity contribution in [3.05, 3.63) is 70.0 Å². The van der Waals surface area contributed by atoms with E-state index in [0.29, 0.717) is 12.1 Å². The maximum Gasteiger partial charge on any atom is 0.269 e. The predicted octanol–water partition coefficient (Wildman–Crippen LogP) is 1.61. The van der Waals surface area contributed by atoms with E-state index in [1.807, 2.05) is 0 Å². The Bertz CT molecular complexity index is 629. The van der Waals surface area contributed by atoms with Crippen LogP contribution in [0.5, 0.6) is 0 Å². The van der Waals surface area contributed by atoms with Crippen LogP contribution in [0.4, 0.5) is 5.69 Å². The zero-order valence-corrected chi connectivity index (χ0v) is 12.1. The van der Waals surface area contributed by atoms with Crippen LogP contribution in [0.25, 0.3) is 0 Å². The molecule has 0 fully saturated rings. The highest BCUT2D eigenvalue weighted by Gasteiger charge is 2.09. The molecule has 20 heavy (non-hydrogen) atoms. The van der Waals surface area contributed by atoms with Crippen molar-refractivity contribution in [3.8, 4) is 0 Å². The van der Waals surface area contributed by atoms with E-state index in [1.54, 1.807) is 41.2 Å². The lowest BCUT2D eigenvalue weighted by Crippen LogP contribution is -2.35. The van der Waals surface area contributed by atoms with Gasteiger partial charge < -0.3 is 5.73 Å². The van der Waals surface area contributed by atoms with Crippen LogP contribution in [0, 0.1) is 10.1 Å². The molecular formula is C13H13BrN3O3+. The van der Waals surface area contributed by atoms with Crippen LogP contribution >= 0.6 is 17.0 Å². The number of nitrogens with two attached hydrogens (primary N) is 1. The summed E-state index contributed by atoms with van der Waals surface area (Å²) in [6.07, 6.45) is 3.44. The van der Waals surface area contributed by atoms with E-state index in [1.165, 1.54) is 12.1 Å². The number of hydrogen-bond acceptors (Lipinski definition) is 3. The van der Waals surface area contributed by atoms with E-state index < -0.39 is 10.8 Å². The molecule has 2 N–H and O–H groups in total. The maximum atomic E-state index is 11.1. The Morgan fingerprint density at radius 2 is 1.90 bits per heavy atom. The van der Waals surface area contributed by atoms with E-state index in [9.17, 15) is 14.9 Å². The standard InChI is InChI=1S/C13H11N3O3.BrH/c14-13(17)11-2-1-7-15(9-11)8-10-3-5-12(6-4-10)16(18)19;/h1-7,9H,8H2,(H-,14,17);1H/p+1. The van der Waals surface area contributed by atoms with Crippen LogP contribution < -0.4 is 10.3 Å². The number of nitrogens with zero attached hydrogens (tertiary/aromatic N) is 2. The number of nitro benzene ring substituents is 1. The number of halogens is 1. The average molecular weight is 339 g/mol. The second-order valence-electron chi connectivity index (χ2n) is 4.05. The Kier molecular flexibility index (Phi) is 5.33. The van der Waals surface area contributed by atoms with Gasteiger partial charge in [0.1, 0.15) is 5.56 Å². The van der Waals surface area contributed by atoms with Crippen LogP contribution in [0.3, 0.4) is 0 Å². The molecular weight excluding hydrogens is 326 g/mol. The molecule has 104 valence electrons. The summed E-state index contributed by atoms with van der Waals surface area (Å²) in [7, 11) is 0. The van der Waals surface area contributed by atoms with Crippen LogP contribution in [-0.2, 0) is 6.54 Å². The molecule has 7 heteroatoms. The summed E-state index contributed by atoms with van der Waals surface area (Å²) in [4.78, 5) is 21.2. The lowest BCUT2D eigenvalue weighted by atomic mass is 10.2. The highest BCUT2D eigenvalue weighted by molar-refractivity contribution is 8.93. The zero-order valence-electron chi connectivity index (χ0n) is 10.4. The fourth-order valence-electron chi connectivity index (χ4n) is 1.70. The number of rotatable bonds is 4. The number of pyridine rings is 1. The zero-order chi connectivity index (χ0) is 13.8. The molecule has 0 radical (unpaired) electrons. The quantitative estimate of drug-likeness (QED) is 0.521. The first-order valence-corrected chi connectivity index (χ1v) is 5.58. The molecule has 0 aliphatic rings. The molecule has 1 heterocycles. The molecule has 0 bridgehead atoms. The largest absolute Gasteiger partial charge is 0.365 e. The molecule has 0 unspecified atom stereocenters. The van der Waals surface area contributed by atoms with Gasteiger partial charge in [0.2, 0.25) is 0 Å². The van der Waals surface area contributed by atoms with E-state index >= 15 is 0 Å². The first-order chi connectivity index (χ1) is 9.06. The minimum absolute atomic E-state index is 0. The van der Waals surface area contributed by atoms with Crippen molar-refractivity contribution >= 4 is 28.6 Å². The molecule has 0 saturated carbocycles. The molecule has 2 aromatic rings. The van der Waals surface area contributed by atoms with Gasteiger partial charge in [-0.1, -0.05) is 0 Å². The van der Waals surface area contributed by atoms with Gasteiger partial charge in [0.05, 0.1) is 4.92 Å². The van der Waals surface area contributed by atoms with Gasteiger partial charge in [-0.2, -0.15) is 4.57 Å². The van der Waals surface area contributed by atoms with Crippen molar-refractivity contribution in [3.63, 3.8) is 0 Å². The molecule has 0 aliphatic heterocycles. The Balaban J connectivity index is 0.00000200. The average Bonchev–Trinajstić information content (AvgIpc) is 2.39. The van der Waals surface area contributed by atoms with Crippen molar-refractivity contribution in [2.45, 2.75) is 6.54 Å². The van der Waals surface area contributed by atoms with E-state index in [-0.39, 0.29) is 22.7 Å². The predicted molar refractivity (Wildman–Crippen MR) is 77.7 cm³/mol. The van der Waals surface area contributed by atoms with Crippen LogP contribution in [0.2, 0.25) is 0 Å². The normalized spacial score (nSPS) is 9.60. The van der Waals surface area contributed by atoms with E-state index in [0.717, 1.165) is 5.56 Å². The number of non-ortho nitro benzene ring substituents is 1. The van der Waals surface area contributed by atoms with Crippen LogP contribution in [0.15, 0.2) is 48.8 Å². The van der Waals surface area contributed by atoms with Gasteiger partial charge in [-0.25, -0.2) is 0 Å². The van der Waals surface area contributed by atoms with E-state index in [2.05, 4.69) is 0 Å². The maximum absolute atomic E-state index is 11.1. The number of hydrogen-bond donors (Lipinski definition) is 1. The minimum atomic E-state index is -0.488. The van der Waals surface area contributed by atoms with Gasteiger partial charge in [-0.15, -0.1) is 17.0 Å². The Morgan fingerprint density at radius 3 is 2.45 bits per heavy atom. The third-order valence-electron chi connectivity index (χ3n) is 2.66. The van der Waals surface area contributed by atoms with Crippen LogP contribution in [-0.4, -0.2) is 10.8 Å². The number of primary amides is 1. The summed E-state index contributed by atoms with van der Waals surface area (Å²) in [5.41, 5.74) is 6.58. The first-order valence-electron chi connectivity index (χ1n) is 5.58. The van der Waals surface area contributed by atoms with Gasteiger partial charge in [0, 0.05) is 23.8 Å². The molecule has 0 spiro atoms. The smallest absolute Gasteiger partial charge is 0.269 e. The third kappa shape index (κ3) is 3.86. The fourth-order valence-corrected chi connectivity index (χ4v) is 1.70. The van der Waals surface area contributed by atoms with Crippen molar-refractivity contribution in [1.82, 2.24) is 0 Å². The summed E-state index contributed by atoms with van der Waals surface area (Å²) in [6, 6.07) is 9.63. The monoisotopic (exact) mass is 338 g/mol. The van der Waals surface area contributed by atoms with Gasteiger partial charge in [-0.05, 0) is 18.2 Å². The van der Waals surface area contributed by atoms with Crippen molar-refractivity contribution in [1.29, 1.82) is 0 Å². The highest BCUT2D eigenvalue weighted by Crippen LogP contribution is 2.11. The lowest BCUT2D eigenvalue weighted by molar-refractivity contribution is -0.688. The Labute approximate surface area is 125 Å². The number of carbonyl (C=O) groups is 1. The Morgan fingerprint density at radius 1 is 1.25 bits per heavy atom. The number of carbonyl (C=O) groups excluding carboxylic acids is 1. The summed E-state index contributed by atoms with van der Waals surface area (Å²) in [6.45, 7) is 0.513. The molecule has 1 aromatic carbocycles. The van der Waals surface area contributed by atoms with Crippen molar-refractivity contribution < 1.29 is 14.3 Å².